The van der Waals surface area contributed by atoms with Crippen LogP contribution in [0.2, 0.25) is 0 Å². The maximum absolute atomic E-state index is 13.0. The molecule has 3 amide bonds. The number of imide groups is 1. The molecule has 0 aromatic heterocycles. The summed E-state index contributed by atoms with van der Waals surface area (Å²) in [4.78, 5) is 38.9. The van der Waals surface area contributed by atoms with E-state index in [0.717, 1.165) is 4.90 Å². The third kappa shape index (κ3) is 4.01. The lowest BCUT2D eigenvalue weighted by Gasteiger charge is -2.11. The standard InChI is InChI=1S/C27H16BrN5O4/c1-33-26(36)18-12-15(13-29)22(21(28)20(18)27(33)37)31-32-23-17-10-6-5-7-14(17)11-19(24(23)34)25(35)30-16-8-3-2-4-9-16/h2-12,34H,1H3,(H,30,35)/b32-31+. The Kier molecular flexibility index (Phi) is 5.99. The first kappa shape index (κ1) is 23.8. The lowest BCUT2D eigenvalue weighted by molar-refractivity contribution is 0.0692. The Labute approximate surface area is 218 Å². The molecule has 0 bridgehead atoms. The highest BCUT2D eigenvalue weighted by Crippen LogP contribution is 2.43. The van der Waals surface area contributed by atoms with Crippen molar-refractivity contribution in [1.29, 1.82) is 5.26 Å². The minimum Gasteiger partial charge on any atom is -0.505 e. The van der Waals surface area contributed by atoms with Gasteiger partial charge in [-0.15, -0.1) is 10.2 Å². The first-order chi connectivity index (χ1) is 17.8. The van der Waals surface area contributed by atoms with Crippen molar-refractivity contribution in [3.63, 3.8) is 0 Å². The first-order valence-electron chi connectivity index (χ1n) is 10.9. The van der Waals surface area contributed by atoms with E-state index in [9.17, 15) is 24.8 Å². The van der Waals surface area contributed by atoms with Crippen molar-refractivity contribution in [2.75, 3.05) is 12.4 Å². The number of fused-ring (bicyclic) bond motifs is 2. The molecule has 2 N–H and O–H groups in total. The predicted octanol–water partition coefficient (Wildman–Crippen LogP) is 6.07. The van der Waals surface area contributed by atoms with Crippen LogP contribution in [0.5, 0.6) is 5.75 Å². The number of para-hydroxylation sites is 1. The van der Waals surface area contributed by atoms with Crippen LogP contribution in [0, 0.1) is 11.3 Å². The van der Waals surface area contributed by atoms with Crippen LogP contribution >= 0.6 is 15.9 Å². The van der Waals surface area contributed by atoms with Gasteiger partial charge in [0.2, 0.25) is 0 Å². The second-order valence-corrected chi connectivity index (χ2v) is 8.95. The third-order valence-electron chi connectivity index (χ3n) is 5.94. The second-order valence-electron chi connectivity index (χ2n) is 8.15. The fourth-order valence-corrected chi connectivity index (χ4v) is 4.73. The molecule has 0 unspecified atom stereocenters. The highest BCUT2D eigenvalue weighted by molar-refractivity contribution is 9.10. The van der Waals surface area contributed by atoms with Crippen LogP contribution in [0.3, 0.4) is 0 Å². The van der Waals surface area contributed by atoms with Crippen LogP contribution < -0.4 is 5.32 Å². The summed E-state index contributed by atoms with van der Waals surface area (Å²) in [7, 11) is 1.35. The van der Waals surface area contributed by atoms with Crippen LogP contribution in [0.1, 0.15) is 36.6 Å². The maximum Gasteiger partial charge on any atom is 0.262 e. The zero-order valence-electron chi connectivity index (χ0n) is 19.2. The molecule has 1 aliphatic heterocycles. The summed E-state index contributed by atoms with van der Waals surface area (Å²) in [6.07, 6.45) is 0. The second kappa shape index (κ2) is 9.29. The van der Waals surface area contributed by atoms with Gasteiger partial charge in [-0.05, 0) is 45.6 Å². The van der Waals surface area contributed by atoms with Gasteiger partial charge in [-0.1, -0.05) is 42.5 Å². The topological polar surface area (TPSA) is 135 Å². The van der Waals surface area contributed by atoms with E-state index in [-0.39, 0.29) is 38.1 Å². The maximum atomic E-state index is 13.0. The van der Waals surface area contributed by atoms with E-state index >= 15 is 0 Å². The number of phenols is 1. The van der Waals surface area contributed by atoms with E-state index in [0.29, 0.717) is 16.5 Å². The zero-order chi connectivity index (χ0) is 26.3. The number of benzene rings is 4. The molecule has 4 aromatic carbocycles. The number of hydrogen-bond acceptors (Lipinski definition) is 7. The van der Waals surface area contributed by atoms with Crippen LogP contribution in [-0.4, -0.2) is 34.8 Å². The lowest BCUT2D eigenvalue weighted by Crippen LogP contribution is -2.24. The Balaban J connectivity index is 1.64. The number of amides is 3. The SMILES string of the molecule is CN1C(=O)c2cc(C#N)c(/N=N/c3c(O)c(C(=O)Nc4ccccc4)cc4ccccc34)c(Br)c2C1=O. The first-order valence-corrected chi connectivity index (χ1v) is 11.7. The van der Waals surface area contributed by atoms with Crippen molar-refractivity contribution in [3.8, 4) is 11.8 Å². The molecule has 0 aliphatic carbocycles. The van der Waals surface area contributed by atoms with Gasteiger partial charge < -0.3 is 10.4 Å². The number of anilines is 1. The quantitative estimate of drug-likeness (QED) is 0.233. The van der Waals surface area contributed by atoms with Crippen molar-refractivity contribution in [2.24, 2.45) is 10.2 Å². The average molecular weight is 554 g/mol. The monoisotopic (exact) mass is 553 g/mol. The van der Waals surface area contributed by atoms with Crippen molar-refractivity contribution in [2.45, 2.75) is 0 Å². The summed E-state index contributed by atoms with van der Waals surface area (Å²) in [5, 5.41) is 33.1. The van der Waals surface area contributed by atoms with Crippen molar-refractivity contribution >= 4 is 61.5 Å². The molecule has 0 saturated heterocycles. The zero-order valence-corrected chi connectivity index (χ0v) is 20.8. The van der Waals surface area contributed by atoms with Gasteiger partial charge in [-0.3, -0.25) is 19.3 Å². The highest BCUT2D eigenvalue weighted by atomic mass is 79.9. The van der Waals surface area contributed by atoms with Gasteiger partial charge in [0.1, 0.15) is 17.4 Å². The summed E-state index contributed by atoms with van der Waals surface area (Å²) >= 11 is 3.30. The highest BCUT2D eigenvalue weighted by Gasteiger charge is 2.37. The van der Waals surface area contributed by atoms with Crippen molar-refractivity contribution in [1.82, 2.24) is 4.90 Å². The Morgan fingerprint density at radius 3 is 2.41 bits per heavy atom. The van der Waals surface area contributed by atoms with E-state index < -0.39 is 23.5 Å². The number of carbonyl (C=O) groups excluding carboxylic acids is 3. The minimum atomic E-state index is -0.547. The van der Waals surface area contributed by atoms with Crippen LogP contribution in [0.15, 0.2) is 81.4 Å². The van der Waals surface area contributed by atoms with E-state index in [1.54, 1.807) is 54.6 Å². The summed E-state index contributed by atoms with van der Waals surface area (Å²) in [6.45, 7) is 0. The molecule has 37 heavy (non-hydrogen) atoms. The molecule has 0 atom stereocenters. The van der Waals surface area contributed by atoms with Gasteiger partial charge in [-0.25, -0.2) is 0 Å². The number of phenolic OH excluding ortho intramolecular Hbond substituents is 1. The van der Waals surface area contributed by atoms with Gasteiger partial charge in [0.05, 0.1) is 26.7 Å². The molecule has 0 spiro atoms. The van der Waals surface area contributed by atoms with Crippen molar-refractivity contribution < 1.29 is 19.5 Å². The van der Waals surface area contributed by atoms with E-state index in [2.05, 4.69) is 31.5 Å². The Morgan fingerprint density at radius 1 is 1.00 bits per heavy atom. The summed E-state index contributed by atoms with van der Waals surface area (Å²) in [5.74, 6) is -2.02. The van der Waals surface area contributed by atoms with Gasteiger partial charge in [0.15, 0.2) is 5.75 Å². The number of nitriles is 1. The molecular formula is C27H16BrN5O4. The summed E-state index contributed by atoms with van der Waals surface area (Å²) < 4.78 is 0.134. The predicted molar refractivity (Wildman–Crippen MR) is 139 cm³/mol. The van der Waals surface area contributed by atoms with Gasteiger partial charge in [0, 0.05) is 18.1 Å². The van der Waals surface area contributed by atoms with Crippen LogP contribution in [0.25, 0.3) is 10.8 Å². The number of azo groups is 1. The molecule has 0 saturated carbocycles. The fraction of sp³-hybridized carbons (Fsp3) is 0.0370. The number of rotatable bonds is 4. The van der Waals surface area contributed by atoms with E-state index in [1.807, 2.05) is 12.1 Å². The Bertz CT molecular complexity index is 1710. The molecule has 0 fully saturated rings. The number of nitrogens with zero attached hydrogens (tertiary/aromatic N) is 4. The minimum absolute atomic E-state index is 0.00659. The number of halogens is 1. The Hall–Kier alpha value is -4.88. The molecule has 5 rings (SSSR count). The molecular weight excluding hydrogens is 538 g/mol. The van der Waals surface area contributed by atoms with E-state index in [1.165, 1.54) is 13.1 Å². The smallest absolute Gasteiger partial charge is 0.262 e. The molecule has 180 valence electrons. The molecule has 4 aromatic rings. The van der Waals surface area contributed by atoms with E-state index in [4.69, 9.17) is 0 Å². The van der Waals surface area contributed by atoms with Gasteiger partial charge >= 0.3 is 0 Å². The van der Waals surface area contributed by atoms with Gasteiger partial charge in [0.25, 0.3) is 17.7 Å². The van der Waals surface area contributed by atoms with Gasteiger partial charge in [-0.2, -0.15) is 5.26 Å². The third-order valence-corrected chi connectivity index (χ3v) is 6.71. The van der Waals surface area contributed by atoms with Crippen LogP contribution in [0.4, 0.5) is 17.1 Å². The molecule has 9 nitrogen and oxygen atoms in total. The van der Waals surface area contributed by atoms with Crippen molar-refractivity contribution in [3.05, 3.63) is 93.5 Å². The fourth-order valence-electron chi connectivity index (χ4n) is 4.05. The molecule has 1 aliphatic rings. The number of nitrogens with one attached hydrogen (secondary N) is 1. The van der Waals surface area contributed by atoms with Crippen LogP contribution in [-0.2, 0) is 0 Å². The summed E-state index contributed by atoms with van der Waals surface area (Å²) in [5.41, 5.74) is 0.717. The largest absolute Gasteiger partial charge is 0.505 e. The normalized spacial score (nSPS) is 12.7. The number of aromatic hydroxyl groups is 1. The Morgan fingerprint density at radius 2 is 1.68 bits per heavy atom. The summed E-state index contributed by atoms with van der Waals surface area (Å²) in [6, 6.07) is 20.6. The molecule has 1 heterocycles. The molecule has 0 radical (unpaired) electrons. The number of carbonyl (C=O) groups is 3. The molecule has 10 heteroatoms. The average Bonchev–Trinajstić information content (AvgIpc) is 3.12. The lowest BCUT2D eigenvalue weighted by atomic mass is 10.0. The number of hydrogen-bond donors (Lipinski definition) is 2.